The Morgan fingerprint density at radius 3 is 2.47 bits per heavy atom. The van der Waals surface area contributed by atoms with Crippen LogP contribution in [0.4, 0.5) is 14.5 Å². The van der Waals surface area contributed by atoms with Crippen molar-refractivity contribution in [2.45, 2.75) is 11.3 Å². The molecule has 1 aromatic rings. The predicted molar refractivity (Wildman–Crippen MR) is 48.3 cm³/mol. The fourth-order valence-electron chi connectivity index (χ4n) is 0.925. The van der Waals surface area contributed by atoms with E-state index in [9.17, 15) is 17.2 Å². The van der Waals surface area contributed by atoms with Crippen LogP contribution in [0.25, 0.3) is 0 Å². The molecule has 0 atom stereocenters. The highest BCUT2D eigenvalue weighted by Gasteiger charge is 2.27. The second kappa shape index (κ2) is 3.78. The van der Waals surface area contributed by atoms with E-state index >= 15 is 0 Å². The number of rotatable bonds is 2. The van der Waals surface area contributed by atoms with Crippen molar-refractivity contribution in [2.24, 2.45) is 0 Å². The number of pyridine rings is 1. The summed E-state index contributed by atoms with van der Waals surface area (Å²) < 4.78 is 46.6. The highest BCUT2D eigenvalue weighted by molar-refractivity contribution is 8.13. The van der Waals surface area contributed by atoms with Crippen molar-refractivity contribution in [1.82, 2.24) is 4.98 Å². The van der Waals surface area contributed by atoms with Gasteiger partial charge in [-0.15, -0.1) is 0 Å². The van der Waals surface area contributed by atoms with Crippen LogP contribution in [-0.2, 0) is 9.05 Å². The number of aromatic nitrogens is 1. The molecule has 5 nitrogen and oxygen atoms in total. The molecule has 0 radical (unpaired) electrons. The highest BCUT2D eigenvalue weighted by atomic mass is 35.7. The van der Waals surface area contributed by atoms with Crippen molar-refractivity contribution in [3.63, 3.8) is 0 Å². The van der Waals surface area contributed by atoms with Crippen molar-refractivity contribution < 1.29 is 22.3 Å². The Bertz CT molecular complexity index is 491. The summed E-state index contributed by atoms with van der Waals surface area (Å²) in [6.07, 6.45) is -2.53. The molecule has 0 saturated carbocycles. The highest BCUT2D eigenvalue weighted by Crippen LogP contribution is 2.35. The van der Waals surface area contributed by atoms with Crippen LogP contribution < -0.4 is 5.73 Å². The number of alkyl halides is 2. The smallest absolute Gasteiger partial charge is 0.281 e. The Balaban J connectivity index is 3.65. The third kappa shape index (κ3) is 2.26. The average molecular weight is 259 g/mol. The molecule has 84 valence electrons. The second-order valence-corrected chi connectivity index (χ2v) is 5.01. The summed E-state index contributed by atoms with van der Waals surface area (Å²) in [7, 11) is 0.406. The summed E-state index contributed by atoms with van der Waals surface area (Å²) in [6, 6.07) is 0. The van der Waals surface area contributed by atoms with Gasteiger partial charge in [0, 0.05) is 10.7 Å². The van der Waals surface area contributed by atoms with E-state index in [1.165, 1.54) is 0 Å². The molecule has 0 saturated heterocycles. The van der Waals surface area contributed by atoms with Crippen LogP contribution in [0, 0.1) is 0 Å². The fourth-order valence-corrected chi connectivity index (χ4v) is 2.17. The minimum Gasteiger partial charge on any atom is -0.504 e. The van der Waals surface area contributed by atoms with Gasteiger partial charge in [0.2, 0.25) is 0 Å². The van der Waals surface area contributed by atoms with Crippen LogP contribution in [0.1, 0.15) is 12.1 Å². The van der Waals surface area contributed by atoms with Crippen LogP contribution in [0.15, 0.2) is 11.1 Å². The number of anilines is 1. The minimum absolute atomic E-state index is 0.627. The molecule has 1 heterocycles. The molecular weight excluding hydrogens is 254 g/mol. The number of nitrogens with two attached hydrogens (primary N) is 1. The van der Waals surface area contributed by atoms with Gasteiger partial charge in [-0.1, -0.05) is 0 Å². The fraction of sp³-hybridized carbons (Fsp3) is 0.167. The maximum atomic E-state index is 12.3. The Morgan fingerprint density at radius 1 is 1.53 bits per heavy atom. The molecule has 3 N–H and O–H groups in total. The molecule has 0 aliphatic heterocycles. The number of nitrogens with zero attached hydrogens (tertiary/aromatic N) is 1. The lowest BCUT2D eigenvalue weighted by Gasteiger charge is -2.08. The van der Waals surface area contributed by atoms with E-state index in [0.29, 0.717) is 6.20 Å². The van der Waals surface area contributed by atoms with E-state index in [4.69, 9.17) is 21.5 Å². The van der Waals surface area contributed by atoms with Crippen molar-refractivity contribution in [3.8, 4) is 5.75 Å². The number of hydrogen-bond donors (Lipinski definition) is 2. The largest absolute Gasteiger partial charge is 0.504 e. The topological polar surface area (TPSA) is 93.3 Å². The normalized spacial score (nSPS) is 12.0. The van der Waals surface area contributed by atoms with Gasteiger partial charge < -0.3 is 10.8 Å². The van der Waals surface area contributed by atoms with Crippen LogP contribution in [-0.4, -0.2) is 18.5 Å². The Morgan fingerprint density at radius 2 is 2.07 bits per heavy atom. The van der Waals surface area contributed by atoms with Gasteiger partial charge in [0.1, 0.15) is 10.6 Å². The summed E-state index contributed by atoms with van der Waals surface area (Å²) in [6.45, 7) is 0. The third-order valence-corrected chi connectivity index (χ3v) is 2.91. The van der Waals surface area contributed by atoms with Gasteiger partial charge in [0.15, 0.2) is 5.75 Å². The number of hydrogen-bond acceptors (Lipinski definition) is 5. The number of aromatic hydroxyl groups is 1. The van der Waals surface area contributed by atoms with Gasteiger partial charge >= 0.3 is 0 Å². The monoisotopic (exact) mass is 258 g/mol. The van der Waals surface area contributed by atoms with Gasteiger partial charge in [-0.25, -0.2) is 22.2 Å². The molecule has 15 heavy (non-hydrogen) atoms. The molecule has 1 rings (SSSR count). The first-order chi connectivity index (χ1) is 6.75. The Labute approximate surface area is 87.9 Å². The Kier molecular flexibility index (Phi) is 3.00. The summed E-state index contributed by atoms with van der Waals surface area (Å²) in [5, 5.41) is 9.01. The van der Waals surface area contributed by atoms with Crippen LogP contribution in [0.2, 0.25) is 0 Å². The quantitative estimate of drug-likeness (QED) is 0.779. The van der Waals surface area contributed by atoms with Gasteiger partial charge in [-0.2, -0.15) is 0 Å². The maximum absolute atomic E-state index is 12.3. The van der Waals surface area contributed by atoms with Gasteiger partial charge in [0.05, 0.1) is 11.9 Å². The molecular formula is C6H5ClF2N2O3S. The van der Waals surface area contributed by atoms with Crippen molar-refractivity contribution >= 4 is 25.4 Å². The van der Waals surface area contributed by atoms with E-state index < -0.39 is 37.5 Å². The third-order valence-electron chi connectivity index (χ3n) is 1.53. The molecule has 0 aliphatic carbocycles. The summed E-state index contributed by atoms with van der Waals surface area (Å²) in [5.41, 5.74) is 3.30. The average Bonchev–Trinajstić information content (AvgIpc) is 2.06. The molecule has 0 aliphatic rings. The lowest BCUT2D eigenvalue weighted by atomic mass is 10.3. The van der Waals surface area contributed by atoms with Crippen LogP contribution in [0.3, 0.4) is 0 Å². The van der Waals surface area contributed by atoms with E-state index in [2.05, 4.69) is 4.98 Å². The van der Waals surface area contributed by atoms with Crippen LogP contribution >= 0.6 is 10.7 Å². The lowest BCUT2D eigenvalue weighted by molar-refractivity contribution is 0.142. The van der Waals surface area contributed by atoms with Gasteiger partial charge in [0.25, 0.3) is 15.5 Å². The predicted octanol–water partition coefficient (Wildman–Crippen LogP) is 1.23. The molecule has 0 spiro atoms. The zero-order valence-corrected chi connectivity index (χ0v) is 8.56. The molecule has 9 heteroatoms. The van der Waals surface area contributed by atoms with E-state index in [0.717, 1.165) is 0 Å². The second-order valence-electron chi connectivity index (χ2n) is 2.51. The zero-order valence-electron chi connectivity index (χ0n) is 6.99. The first kappa shape index (κ1) is 11.9. The van der Waals surface area contributed by atoms with E-state index in [1.807, 2.05) is 0 Å². The summed E-state index contributed by atoms with van der Waals surface area (Å²) in [4.78, 5) is 2.01. The van der Waals surface area contributed by atoms with Crippen molar-refractivity contribution in [1.29, 1.82) is 0 Å². The van der Waals surface area contributed by atoms with Gasteiger partial charge in [-0.3, -0.25) is 0 Å². The van der Waals surface area contributed by atoms with Crippen LogP contribution in [0.5, 0.6) is 5.75 Å². The molecule has 1 aromatic heterocycles. The molecule has 0 aromatic carbocycles. The van der Waals surface area contributed by atoms with Crippen molar-refractivity contribution in [3.05, 3.63) is 11.9 Å². The number of nitrogen functional groups attached to an aromatic ring is 1. The molecule has 0 amide bonds. The molecule has 0 unspecified atom stereocenters. The SMILES string of the molecule is Nc1c(O)cnc(C(F)F)c1S(=O)(=O)Cl. The maximum Gasteiger partial charge on any atom is 0.281 e. The van der Waals surface area contributed by atoms with E-state index in [-0.39, 0.29) is 0 Å². The number of halogens is 3. The lowest BCUT2D eigenvalue weighted by Crippen LogP contribution is -2.06. The first-order valence-electron chi connectivity index (χ1n) is 3.45. The standard InChI is InChI=1S/C6H5ClF2N2O3S/c7-15(13,14)5-3(10)2(12)1-11-4(5)6(8)9/h1,6,12H,(H2,10,11). The van der Waals surface area contributed by atoms with Gasteiger partial charge in [-0.05, 0) is 0 Å². The van der Waals surface area contributed by atoms with E-state index in [1.54, 1.807) is 0 Å². The molecule has 0 bridgehead atoms. The first-order valence-corrected chi connectivity index (χ1v) is 5.76. The minimum atomic E-state index is -4.49. The summed E-state index contributed by atoms with van der Waals surface area (Å²) in [5.74, 6) is -0.723. The Hall–Kier alpha value is -1.15. The summed E-state index contributed by atoms with van der Waals surface area (Å²) >= 11 is 0. The molecule has 0 fully saturated rings. The van der Waals surface area contributed by atoms with Crippen molar-refractivity contribution in [2.75, 3.05) is 5.73 Å². The zero-order chi connectivity index (χ0) is 11.8.